The summed E-state index contributed by atoms with van der Waals surface area (Å²) in [7, 11) is 1.73. The number of nitrogens with two attached hydrogens (primary N) is 1. The fraction of sp³-hybridized carbons (Fsp3) is 0.100. The van der Waals surface area contributed by atoms with Gasteiger partial charge in [-0.3, -0.25) is 4.79 Å². The molecule has 1 amide bonds. The van der Waals surface area contributed by atoms with E-state index in [0.29, 0.717) is 22.7 Å². The first-order valence-corrected chi connectivity index (χ1v) is 8.47. The quantitative estimate of drug-likeness (QED) is 0.567. The first kappa shape index (κ1) is 16.7. The van der Waals surface area contributed by atoms with Crippen LogP contribution in [0.1, 0.15) is 0 Å². The highest BCUT2D eigenvalue weighted by molar-refractivity contribution is 5.93. The summed E-state index contributed by atoms with van der Waals surface area (Å²) in [5.41, 5.74) is 9.33. The Morgan fingerprint density at radius 1 is 1.07 bits per heavy atom. The lowest BCUT2D eigenvalue weighted by molar-refractivity contribution is -0.118. The predicted molar refractivity (Wildman–Crippen MR) is 105 cm³/mol. The number of likely N-dealkylation sites (N-methyl/N-ethyl adjacent to an activating group) is 1. The molecule has 2 N–H and O–H groups in total. The van der Waals surface area contributed by atoms with Crippen LogP contribution in [0.3, 0.4) is 0 Å². The van der Waals surface area contributed by atoms with Crippen LogP contribution >= 0.6 is 0 Å². The van der Waals surface area contributed by atoms with Crippen molar-refractivity contribution in [2.45, 2.75) is 6.54 Å². The van der Waals surface area contributed by atoms with E-state index < -0.39 is 0 Å². The van der Waals surface area contributed by atoms with Crippen LogP contribution in [0, 0.1) is 0 Å². The molecular formula is C20H18N6O. The molecule has 0 radical (unpaired) electrons. The SMILES string of the molecule is CN(C(=O)Cn1cnc2cnc(-c3ccccc3)nc21)c1ccc(N)cc1. The standard InChI is InChI=1S/C20H18N6O/c1-25(16-9-7-15(21)8-10-16)18(27)12-26-13-23-17-11-22-19(24-20(17)26)14-5-3-2-4-6-14/h2-11,13H,12,21H2,1H3. The predicted octanol–water partition coefficient (Wildman–Crippen LogP) is 2.74. The van der Waals surface area contributed by atoms with Gasteiger partial charge in [-0.2, -0.15) is 0 Å². The van der Waals surface area contributed by atoms with E-state index in [9.17, 15) is 4.79 Å². The van der Waals surface area contributed by atoms with Crippen molar-refractivity contribution in [1.82, 2.24) is 19.5 Å². The first-order valence-electron chi connectivity index (χ1n) is 8.47. The monoisotopic (exact) mass is 358 g/mol. The molecule has 0 aliphatic heterocycles. The Labute approximate surface area is 156 Å². The summed E-state index contributed by atoms with van der Waals surface area (Å²) in [6.07, 6.45) is 3.29. The molecule has 0 fully saturated rings. The summed E-state index contributed by atoms with van der Waals surface area (Å²) in [4.78, 5) is 27.6. The minimum absolute atomic E-state index is 0.0843. The van der Waals surface area contributed by atoms with Crippen LogP contribution in [0.2, 0.25) is 0 Å². The minimum Gasteiger partial charge on any atom is -0.399 e. The molecule has 27 heavy (non-hydrogen) atoms. The van der Waals surface area contributed by atoms with Gasteiger partial charge in [0.15, 0.2) is 11.5 Å². The third kappa shape index (κ3) is 3.35. The summed E-state index contributed by atoms with van der Waals surface area (Å²) < 4.78 is 1.74. The van der Waals surface area contributed by atoms with Crippen LogP contribution in [0.4, 0.5) is 11.4 Å². The highest BCUT2D eigenvalue weighted by Crippen LogP contribution is 2.19. The highest BCUT2D eigenvalue weighted by Gasteiger charge is 2.15. The minimum atomic E-state index is -0.0843. The molecule has 134 valence electrons. The third-order valence-corrected chi connectivity index (χ3v) is 4.35. The van der Waals surface area contributed by atoms with Gasteiger partial charge in [0.2, 0.25) is 5.91 Å². The van der Waals surface area contributed by atoms with Gasteiger partial charge in [0.1, 0.15) is 12.1 Å². The molecular weight excluding hydrogens is 340 g/mol. The van der Waals surface area contributed by atoms with Crippen LogP contribution in [-0.4, -0.2) is 32.5 Å². The number of rotatable bonds is 4. The van der Waals surface area contributed by atoms with Gasteiger partial charge in [0, 0.05) is 24.0 Å². The first-order chi connectivity index (χ1) is 13.1. The van der Waals surface area contributed by atoms with Crippen molar-refractivity contribution < 1.29 is 4.79 Å². The zero-order chi connectivity index (χ0) is 18.8. The molecule has 0 unspecified atom stereocenters. The van der Waals surface area contributed by atoms with E-state index in [-0.39, 0.29) is 12.5 Å². The van der Waals surface area contributed by atoms with Crippen molar-refractivity contribution in [2.75, 3.05) is 17.7 Å². The fourth-order valence-electron chi connectivity index (χ4n) is 2.79. The van der Waals surface area contributed by atoms with Crippen molar-refractivity contribution in [3.05, 3.63) is 67.1 Å². The molecule has 0 bridgehead atoms. The second-order valence-corrected chi connectivity index (χ2v) is 6.19. The Morgan fingerprint density at radius 3 is 2.56 bits per heavy atom. The van der Waals surface area contributed by atoms with E-state index >= 15 is 0 Å². The van der Waals surface area contributed by atoms with Crippen molar-refractivity contribution >= 4 is 28.4 Å². The van der Waals surface area contributed by atoms with E-state index in [1.54, 1.807) is 41.2 Å². The average molecular weight is 358 g/mol. The molecule has 0 atom stereocenters. The lowest BCUT2D eigenvalue weighted by Crippen LogP contribution is -2.29. The Morgan fingerprint density at radius 2 is 1.81 bits per heavy atom. The van der Waals surface area contributed by atoms with Crippen LogP contribution in [0.15, 0.2) is 67.1 Å². The zero-order valence-electron chi connectivity index (χ0n) is 14.8. The molecule has 2 aromatic carbocycles. The Bertz CT molecular complexity index is 1090. The van der Waals surface area contributed by atoms with Gasteiger partial charge in [-0.1, -0.05) is 30.3 Å². The number of amides is 1. The van der Waals surface area contributed by atoms with E-state index in [2.05, 4.69) is 15.0 Å². The van der Waals surface area contributed by atoms with Gasteiger partial charge >= 0.3 is 0 Å². The fourth-order valence-corrected chi connectivity index (χ4v) is 2.79. The van der Waals surface area contributed by atoms with E-state index in [1.807, 2.05) is 42.5 Å². The maximum absolute atomic E-state index is 12.7. The topological polar surface area (TPSA) is 89.9 Å². The van der Waals surface area contributed by atoms with Crippen molar-refractivity contribution in [3.63, 3.8) is 0 Å². The zero-order valence-corrected chi connectivity index (χ0v) is 14.8. The molecule has 2 aromatic heterocycles. The molecule has 0 spiro atoms. The summed E-state index contributed by atoms with van der Waals surface area (Å²) in [5, 5.41) is 0. The third-order valence-electron chi connectivity index (χ3n) is 4.35. The Kier molecular flexibility index (Phi) is 4.25. The maximum atomic E-state index is 12.7. The van der Waals surface area contributed by atoms with Crippen molar-refractivity contribution in [2.24, 2.45) is 0 Å². The second kappa shape index (κ2) is 6.87. The molecule has 2 heterocycles. The number of hydrogen-bond donors (Lipinski definition) is 1. The molecule has 4 rings (SSSR count). The molecule has 0 aliphatic rings. The van der Waals surface area contributed by atoms with Crippen LogP contribution < -0.4 is 10.6 Å². The summed E-state index contributed by atoms with van der Waals surface area (Å²) in [6.45, 7) is 0.128. The number of aromatic nitrogens is 4. The van der Waals surface area contributed by atoms with Gasteiger partial charge in [-0.15, -0.1) is 0 Å². The van der Waals surface area contributed by atoms with Gasteiger partial charge in [0.05, 0.1) is 12.5 Å². The average Bonchev–Trinajstić information content (AvgIpc) is 3.10. The molecule has 0 aliphatic carbocycles. The van der Waals surface area contributed by atoms with Crippen LogP contribution in [0.25, 0.3) is 22.6 Å². The van der Waals surface area contributed by atoms with Crippen molar-refractivity contribution in [1.29, 1.82) is 0 Å². The number of carbonyl (C=O) groups is 1. The molecule has 0 saturated heterocycles. The number of carbonyl (C=O) groups excluding carboxylic acids is 1. The number of nitrogens with zero attached hydrogens (tertiary/aromatic N) is 5. The van der Waals surface area contributed by atoms with Gasteiger partial charge in [0.25, 0.3) is 0 Å². The highest BCUT2D eigenvalue weighted by atomic mass is 16.2. The van der Waals surface area contributed by atoms with E-state index in [1.165, 1.54) is 0 Å². The van der Waals surface area contributed by atoms with E-state index in [0.717, 1.165) is 11.3 Å². The number of fused-ring (bicyclic) bond motifs is 1. The number of benzene rings is 2. The molecule has 7 heteroatoms. The summed E-state index contributed by atoms with van der Waals surface area (Å²) in [6, 6.07) is 16.9. The molecule has 0 saturated carbocycles. The summed E-state index contributed by atoms with van der Waals surface area (Å²) >= 11 is 0. The molecule has 7 nitrogen and oxygen atoms in total. The van der Waals surface area contributed by atoms with Gasteiger partial charge in [-0.05, 0) is 24.3 Å². The normalized spacial score (nSPS) is 10.9. The Balaban J connectivity index is 1.61. The maximum Gasteiger partial charge on any atom is 0.246 e. The van der Waals surface area contributed by atoms with Crippen molar-refractivity contribution in [3.8, 4) is 11.4 Å². The van der Waals surface area contributed by atoms with E-state index in [4.69, 9.17) is 5.73 Å². The lowest BCUT2D eigenvalue weighted by Gasteiger charge is -2.18. The lowest BCUT2D eigenvalue weighted by atomic mass is 10.2. The second-order valence-electron chi connectivity index (χ2n) is 6.19. The van der Waals surface area contributed by atoms with Gasteiger partial charge < -0.3 is 15.2 Å². The van der Waals surface area contributed by atoms with Crippen LogP contribution in [-0.2, 0) is 11.3 Å². The summed E-state index contributed by atoms with van der Waals surface area (Å²) in [5.74, 6) is 0.517. The largest absolute Gasteiger partial charge is 0.399 e. The Hall–Kier alpha value is -3.74. The number of anilines is 2. The number of hydrogen-bond acceptors (Lipinski definition) is 5. The molecule has 4 aromatic rings. The van der Waals surface area contributed by atoms with Crippen LogP contribution in [0.5, 0.6) is 0 Å². The van der Waals surface area contributed by atoms with Gasteiger partial charge in [-0.25, -0.2) is 15.0 Å². The smallest absolute Gasteiger partial charge is 0.246 e. The number of nitrogen functional groups attached to an aromatic ring is 1. The number of imidazole rings is 1.